The van der Waals surface area contributed by atoms with Gasteiger partial charge in [0.15, 0.2) is 0 Å². The fourth-order valence-electron chi connectivity index (χ4n) is 0.952. The summed E-state index contributed by atoms with van der Waals surface area (Å²) in [5.74, 6) is 0.369. The van der Waals surface area contributed by atoms with Crippen LogP contribution in [-0.4, -0.2) is 29.7 Å². The first-order chi connectivity index (χ1) is 5.79. The van der Waals surface area contributed by atoms with Crippen molar-refractivity contribution in [3.8, 4) is 0 Å². The fraction of sp³-hybridized carbons (Fsp3) is 0.364. The van der Waals surface area contributed by atoms with Crippen molar-refractivity contribution in [3.05, 3.63) is 42.8 Å². The van der Waals surface area contributed by atoms with E-state index in [4.69, 9.17) is 4.74 Å². The Kier molecular flexibility index (Phi) is 12.0. The van der Waals surface area contributed by atoms with E-state index >= 15 is 0 Å². The number of rotatable bonds is 4. The molecule has 1 nitrogen and oxygen atoms in total. The number of hydrogen-bond donors (Lipinski definition) is 0. The summed E-state index contributed by atoms with van der Waals surface area (Å²) in [4.78, 5) is 0. The van der Waals surface area contributed by atoms with Crippen molar-refractivity contribution in [1.29, 1.82) is 0 Å². The zero-order valence-electron chi connectivity index (χ0n) is 8.58. The molecule has 14 heavy (non-hydrogen) atoms. The van der Waals surface area contributed by atoms with Gasteiger partial charge in [0.25, 0.3) is 0 Å². The Morgan fingerprint density at radius 3 is 2.36 bits per heavy atom. The standard InChI is InChI=1S/C11H15O.BrH.Mg/c1-10(2)8-12-9-11-6-4-3-5-7-11;;/h3-7,10H,1,8-9H2,2H3;1H;/q-1;;+2/p-1. The monoisotopic (exact) mass is 266 g/mol. The van der Waals surface area contributed by atoms with Crippen LogP contribution < -0.4 is 17.0 Å². The fourth-order valence-corrected chi connectivity index (χ4v) is 0.952. The quantitative estimate of drug-likeness (QED) is 0.518. The largest absolute Gasteiger partial charge is 2.00 e. The van der Waals surface area contributed by atoms with Gasteiger partial charge in [-0.2, -0.15) is 0 Å². The van der Waals surface area contributed by atoms with Crippen LogP contribution in [-0.2, 0) is 11.3 Å². The van der Waals surface area contributed by atoms with Crippen LogP contribution in [0.5, 0.6) is 0 Å². The molecule has 0 aromatic heterocycles. The Morgan fingerprint density at radius 1 is 1.29 bits per heavy atom. The molecular formula is C11H15BrMgO. The summed E-state index contributed by atoms with van der Waals surface area (Å²) in [7, 11) is 0. The maximum Gasteiger partial charge on any atom is 2.00 e. The van der Waals surface area contributed by atoms with Gasteiger partial charge in [0.1, 0.15) is 0 Å². The molecule has 0 aliphatic carbocycles. The summed E-state index contributed by atoms with van der Waals surface area (Å²) in [5, 5.41) is 0. The predicted octanol–water partition coefficient (Wildman–Crippen LogP) is -0.703. The molecular weight excluding hydrogens is 252 g/mol. The third kappa shape index (κ3) is 7.80. The molecule has 1 aromatic carbocycles. The van der Waals surface area contributed by atoms with Crippen LogP contribution in [0.3, 0.4) is 0 Å². The van der Waals surface area contributed by atoms with Crippen molar-refractivity contribution < 1.29 is 21.7 Å². The van der Waals surface area contributed by atoms with Crippen molar-refractivity contribution in [1.82, 2.24) is 0 Å². The van der Waals surface area contributed by atoms with E-state index in [1.807, 2.05) is 25.1 Å². The molecule has 0 aliphatic rings. The van der Waals surface area contributed by atoms with Crippen molar-refractivity contribution in [2.24, 2.45) is 5.92 Å². The summed E-state index contributed by atoms with van der Waals surface area (Å²) in [6.45, 7) is 7.32. The number of halogens is 1. The molecule has 0 aliphatic heterocycles. The van der Waals surface area contributed by atoms with Gasteiger partial charge in [0.05, 0.1) is 6.61 Å². The second kappa shape index (κ2) is 9.96. The maximum atomic E-state index is 5.42. The van der Waals surface area contributed by atoms with E-state index in [9.17, 15) is 0 Å². The van der Waals surface area contributed by atoms with Crippen LogP contribution in [0.25, 0.3) is 0 Å². The summed E-state index contributed by atoms with van der Waals surface area (Å²) < 4.78 is 5.42. The number of hydrogen-bond acceptors (Lipinski definition) is 1. The number of ether oxygens (including phenoxy) is 1. The minimum Gasteiger partial charge on any atom is -1.00 e. The molecule has 3 heteroatoms. The molecule has 0 saturated carbocycles. The Hall–Kier alpha value is 0.426. The smallest absolute Gasteiger partial charge is 1.00 e. The zero-order valence-corrected chi connectivity index (χ0v) is 11.6. The van der Waals surface area contributed by atoms with Gasteiger partial charge in [-0.05, 0) is 5.56 Å². The molecule has 0 radical (unpaired) electrons. The van der Waals surface area contributed by atoms with Gasteiger partial charge in [-0.15, -0.1) is 5.92 Å². The van der Waals surface area contributed by atoms with Crippen molar-refractivity contribution >= 4 is 23.1 Å². The molecule has 0 fully saturated rings. The average Bonchev–Trinajstić information content (AvgIpc) is 2.05. The van der Waals surface area contributed by atoms with Crippen molar-refractivity contribution in [2.45, 2.75) is 13.5 Å². The molecule has 1 unspecified atom stereocenters. The van der Waals surface area contributed by atoms with E-state index in [-0.39, 0.29) is 40.0 Å². The van der Waals surface area contributed by atoms with E-state index < -0.39 is 0 Å². The maximum absolute atomic E-state index is 5.42. The topological polar surface area (TPSA) is 9.23 Å². The molecule has 74 valence electrons. The summed E-state index contributed by atoms with van der Waals surface area (Å²) in [5.41, 5.74) is 1.22. The van der Waals surface area contributed by atoms with Crippen LogP contribution in [0.15, 0.2) is 30.3 Å². The molecule has 0 saturated heterocycles. The molecule has 1 rings (SSSR count). The third-order valence-corrected chi connectivity index (χ3v) is 1.51. The number of benzene rings is 1. The molecule has 0 amide bonds. The Balaban J connectivity index is 0. The van der Waals surface area contributed by atoms with Crippen molar-refractivity contribution in [2.75, 3.05) is 6.61 Å². The average molecular weight is 267 g/mol. The Labute approximate surface area is 113 Å². The second-order valence-electron chi connectivity index (χ2n) is 3.11. The minimum atomic E-state index is 0. The van der Waals surface area contributed by atoms with Crippen LogP contribution >= 0.6 is 0 Å². The molecule has 0 spiro atoms. The molecule has 1 aromatic rings. The van der Waals surface area contributed by atoms with Gasteiger partial charge in [-0.25, -0.2) is 0 Å². The normalized spacial score (nSPS) is 11.0. The van der Waals surface area contributed by atoms with E-state index in [1.165, 1.54) is 5.56 Å². The van der Waals surface area contributed by atoms with Gasteiger partial charge >= 0.3 is 23.1 Å². The third-order valence-electron chi connectivity index (χ3n) is 1.51. The van der Waals surface area contributed by atoms with Crippen molar-refractivity contribution in [3.63, 3.8) is 0 Å². The minimum absolute atomic E-state index is 0. The van der Waals surface area contributed by atoms with Crippen LogP contribution in [0.2, 0.25) is 0 Å². The Bertz CT molecular complexity index is 214. The first-order valence-corrected chi connectivity index (χ1v) is 4.24. The summed E-state index contributed by atoms with van der Waals surface area (Å²) in [6.07, 6.45) is 0. The first kappa shape index (κ1) is 16.8. The molecule has 1 atom stereocenters. The zero-order chi connectivity index (χ0) is 8.81. The Morgan fingerprint density at radius 2 is 1.86 bits per heavy atom. The van der Waals surface area contributed by atoms with E-state index in [2.05, 4.69) is 19.1 Å². The van der Waals surface area contributed by atoms with Gasteiger partial charge in [-0.3, -0.25) is 0 Å². The second-order valence-corrected chi connectivity index (χ2v) is 3.11. The van der Waals surface area contributed by atoms with Crippen LogP contribution in [0, 0.1) is 12.8 Å². The SMILES string of the molecule is [Br-].[CH2-]C(C)COCc1ccccc1.[Mg+2]. The summed E-state index contributed by atoms with van der Waals surface area (Å²) in [6, 6.07) is 10.2. The van der Waals surface area contributed by atoms with Crippen LogP contribution in [0.1, 0.15) is 12.5 Å². The van der Waals surface area contributed by atoms with Crippen LogP contribution in [0.4, 0.5) is 0 Å². The van der Waals surface area contributed by atoms with E-state index in [0.29, 0.717) is 12.5 Å². The van der Waals surface area contributed by atoms with Gasteiger partial charge < -0.3 is 28.6 Å². The summed E-state index contributed by atoms with van der Waals surface area (Å²) >= 11 is 0. The van der Waals surface area contributed by atoms with E-state index in [1.54, 1.807) is 0 Å². The predicted molar refractivity (Wildman–Crippen MR) is 56.4 cm³/mol. The molecule has 0 heterocycles. The first-order valence-electron chi connectivity index (χ1n) is 4.24. The van der Waals surface area contributed by atoms with Gasteiger partial charge in [0.2, 0.25) is 0 Å². The van der Waals surface area contributed by atoms with Gasteiger partial charge in [-0.1, -0.05) is 37.3 Å². The van der Waals surface area contributed by atoms with Gasteiger partial charge in [0, 0.05) is 6.61 Å². The van der Waals surface area contributed by atoms with E-state index in [0.717, 1.165) is 6.61 Å². The molecule has 0 N–H and O–H groups in total. The molecule has 0 bridgehead atoms.